The van der Waals surface area contributed by atoms with Crippen LogP contribution in [0, 0.1) is 0 Å². The number of halogens is 2. The zero-order valence-electron chi connectivity index (χ0n) is 11.4. The van der Waals surface area contributed by atoms with Gasteiger partial charge in [0.05, 0.1) is 6.04 Å². The third kappa shape index (κ3) is 4.02. The second-order valence-corrected chi connectivity index (χ2v) is 5.59. The molecule has 1 aromatic rings. The van der Waals surface area contributed by atoms with Crippen LogP contribution in [0.5, 0.6) is 0 Å². The van der Waals surface area contributed by atoms with Crippen LogP contribution in [0.4, 0.5) is 4.39 Å². The Labute approximate surface area is 127 Å². The van der Waals surface area contributed by atoms with E-state index in [1.54, 1.807) is 12.1 Å². The summed E-state index contributed by atoms with van der Waals surface area (Å²) in [6, 6.07) is 6.83. The molecule has 4 nitrogen and oxygen atoms in total. The maximum absolute atomic E-state index is 12.8. The predicted molar refractivity (Wildman–Crippen MR) is 79.0 cm³/mol. The lowest BCUT2D eigenvalue weighted by atomic mass is 9.88. The minimum atomic E-state index is -1.38. The number of alkyl halides is 1. The van der Waals surface area contributed by atoms with Gasteiger partial charge in [0.2, 0.25) is 0 Å². The fourth-order valence-electron chi connectivity index (χ4n) is 2.38. The van der Waals surface area contributed by atoms with Gasteiger partial charge in [0, 0.05) is 5.02 Å². The van der Waals surface area contributed by atoms with Crippen molar-refractivity contribution in [3.63, 3.8) is 0 Å². The SMILES string of the molecule is O[C@@H]1[C@@H](O)[C@@H](O)C(CF)=C[C@H]1NCCc1ccc(Cl)cc1. The smallest absolute Gasteiger partial charge is 0.113 e. The Morgan fingerprint density at radius 3 is 2.38 bits per heavy atom. The van der Waals surface area contributed by atoms with Gasteiger partial charge in [-0.2, -0.15) is 0 Å². The predicted octanol–water partition coefficient (Wildman–Crippen LogP) is 0.833. The summed E-state index contributed by atoms with van der Waals surface area (Å²) in [5, 5.41) is 32.9. The van der Waals surface area contributed by atoms with Crippen molar-refractivity contribution in [2.24, 2.45) is 0 Å². The molecule has 2 rings (SSSR count). The summed E-state index contributed by atoms with van der Waals surface area (Å²) in [5.74, 6) is 0. The van der Waals surface area contributed by atoms with Crippen LogP contribution in [0.25, 0.3) is 0 Å². The van der Waals surface area contributed by atoms with E-state index in [9.17, 15) is 19.7 Å². The fourth-order valence-corrected chi connectivity index (χ4v) is 2.51. The Balaban J connectivity index is 1.92. The van der Waals surface area contributed by atoms with Crippen molar-refractivity contribution in [3.05, 3.63) is 46.5 Å². The first-order chi connectivity index (χ1) is 10.0. The second kappa shape index (κ2) is 7.33. The fraction of sp³-hybridized carbons (Fsp3) is 0.467. The van der Waals surface area contributed by atoms with Crippen LogP contribution in [0.2, 0.25) is 5.02 Å². The third-order valence-electron chi connectivity index (χ3n) is 3.68. The molecule has 0 amide bonds. The normalized spacial score (nSPS) is 29.3. The topological polar surface area (TPSA) is 72.7 Å². The van der Waals surface area contributed by atoms with E-state index in [-0.39, 0.29) is 5.57 Å². The summed E-state index contributed by atoms with van der Waals surface area (Å²) < 4.78 is 12.8. The molecule has 0 bridgehead atoms. The highest BCUT2D eigenvalue weighted by Gasteiger charge is 2.36. The molecule has 0 spiro atoms. The molecule has 116 valence electrons. The lowest BCUT2D eigenvalue weighted by Gasteiger charge is -2.34. The van der Waals surface area contributed by atoms with Crippen LogP contribution >= 0.6 is 11.6 Å². The molecule has 0 unspecified atom stereocenters. The summed E-state index contributed by atoms with van der Waals surface area (Å²) in [7, 11) is 0. The summed E-state index contributed by atoms with van der Waals surface area (Å²) in [6.45, 7) is -0.303. The van der Waals surface area contributed by atoms with Crippen LogP contribution in [-0.4, -0.2) is 52.9 Å². The molecular formula is C15H19ClFNO3. The molecule has 1 aliphatic carbocycles. The van der Waals surface area contributed by atoms with E-state index in [1.165, 1.54) is 6.08 Å². The van der Waals surface area contributed by atoms with Gasteiger partial charge in [-0.3, -0.25) is 0 Å². The van der Waals surface area contributed by atoms with E-state index < -0.39 is 31.0 Å². The van der Waals surface area contributed by atoms with Gasteiger partial charge in [-0.25, -0.2) is 4.39 Å². The minimum Gasteiger partial charge on any atom is -0.388 e. The quantitative estimate of drug-likeness (QED) is 0.608. The van der Waals surface area contributed by atoms with E-state index in [4.69, 9.17) is 11.6 Å². The van der Waals surface area contributed by atoms with E-state index in [0.717, 1.165) is 5.56 Å². The average molecular weight is 316 g/mol. The Hall–Kier alpha value is -0.980. The first-order valence-electron chi connectivity index (χ1n) is 6.81. The number of hydrogen-bond acceptors (Lipinski definition) is 4. The van der Waals surface area contributed by atoms with Gasteiger partial charge in [-0.05, 0) is 36.2 Å². The zero-order chi connectivity index (χ0) is 15.4. The van der Waals surface area contributed by atoms with Crippen LogP contribution < -0.4 is 5.32 Å². The van der Waals surface area contributed by atoms with Gasteiger partial charge in [0.25, 0.3) is 0 Å². The first kappa shape index (κ1) is 16.4. The van der Waals surface area contributed by atoms with Crippen LogP contribution in [0.1, 0.15) is 5.56 Å². The highest BCUT2D eigenvalue weighted by molar-refractivity contribution is 6.30. The van der Waals surface area contributed by atoms with Gasteiger partial charge in [0.1, 0.15) is 25.0 Å². The standard InChI is InChI=1S/C15H19ClFNO3/c16-11-3-1-9(2-4-11)5-6-18-12-7-10(8-17)13(19)15(21)14(12)20/h1-4,7,12-15,18-21H,5-6,8H2/t12-,13+,14+,15+/m1/s1. The Morgan fingerprint density at radius 1 is 1.10 bits per heavy atom. The molecule has 0 aromatic heterocycles. The molecular weight excluding hydrogens is 297 g/mol. The second-order valence-electron chi connectivity index (χ2n) is 5.16. The largest absolute Gasteiger partial charge is 0.388 e. The number of aliphatic hydroxyl groups is 3. The molecule has 0 heterocycles. The Kier molecular flexibility index (Phi) is 5.72. The van der Waals surface area contributed by atoms with Gasteiger partial charge in [0.15, 0.2) is 0 Å². The molecule has 0 radical (unpaired) electrons. The molecule has 1 aromatic carbocycles. The number of nitrogens with one attached hydrogen (secondary N) is 1. The van der Waals surface area contributed by atoms with Crippen molar-refractivity contribution < 1.29 is 19.7 Å². The van der Waals surface area contributed by atoms with E-state index >= 15 is 0 Å². The van der Waals surface area contributed by atoms with Crippen LogP contribution in [0.15, 0.2) is 35.9 Å². The summed E-state index contributed by atoms with van der Waals surface area (Å²) in [5.41, 5.74) is 1.17. The highest BCUT2D eigenvalue weighted by Crippen LogP contribution is 2.20. The molecule has 0 aliphatic heterocycles. The van der Waals surface area contributed by atoms with Crippen molar-refractivity contribution in [2.75, 3.05) is 13.2 Å². The van der Waals surface area contributed by atoms with Gasteiger partial charge in [-0.15, -0.1) is 0 Å². The maximum Gasteiger partial charge on any atom is 0.113 e. The molecule has 21 heavy (non-hydrogen) atoms. The van der Waals surface area contributed by atoms with Gasteiger partial charge < -0.3 is 20.6 Å². The molecule has 6 heteroatoms. The molecule has 1 aliphatic rings. The van der Waals surface area contributed by atoms with Crippen molar-refractivity contribution in [1.82, 2.24) is 5.32 Å². The lowest BCUT2D eigenvalue weighted by molar-refractivity contribution is -0.0628. The Morgan fingerprint density at radius 2 is 1.76 bits per heavy atom. The first-order valence-corrected chi connectivity index (χ1v) is 7.19. The van der Waals surface area contributed by atoms with Crippen LogP contribution in [0.3, 0.4) is 0 Å². The highest BCUT2D eigenvalue weighted by atomic mass is 35.5. The number of rotatable bonds is 5. The number of hydrogen-bond donors (Lipinski definition) is 4. The average Bonchev–Trinajstić information content (AvgIpc) is 2.49. The van der Waals surface area contributed by atoms with E-state index in [0.29, 0.717) is 18.0 Å². The molecule has 0 fully saturated rings. The number of benzene rings is 1. The lowest BCUT2D eigenvalue weighted by Crippen LogP contribution is -2.54. The molecule has 0 saturated carbocycles. The van der Waals surface area contributed by atoms with Gasteiger partial charge >= 0.3 is 0 Å². The summed E-state index contributed by atoms with van der Waals surface area (Å²) in [6.07, 6.45) is -1.74. The van der Waals surface area contributed by atoms with Crippen molar-refractivity contribution in [1.29, 1.82) is 0 Å². The molecule has 4 atom stereocenters. The summed E-state index contributed by atoms with van der Waals surface area (Å²) in [4.78, 5) is 0. The van der Waals surface area contributed by atoms with Crippen molar-refractivity contribution in [3.8, 4) is 0 Å². The van der Waals surface area contributed by atoms with E-state index in [2.05, 4.69) is 5.32 Å². The zero-order valence-corrected chi connectivity index (χ0v) is 12.2. The summed E-state index contributed by atoms with van der Waals surface area (Å²) >= 11 is 5.80. The van der Waals surface area contributed by atoms with Crippen molar-refractivity contribution in [2.45, 2.75) is 30.8 Å². The van der Waals surface area contributed by atoms with Crippen LogP contribution in [-0.2, 0) is 6.42 Å². The minimum absolute atomic E-state index is 0.0943. The van der Waals surface area contributed by atoms with Gasteiger partial charge in [-0.1, -0.05) is 29.8 Å². The molecule has 0 saturated heterocycles. The number of aliphatic hydroxyl groups excluding tert-OH is 3. The van der Waals surface area contributed by atoms with Crippen molar-refractivity contribution >= 4 is 11.6 Å². The molecule has 4 N–H and O–H groups in total. The Bertz CT molecular complexity index is 494. The van der Waals surface area contributed by atoms with E-state index in [1.807, 2.05) is 12.1 Å². The maximum atomic E-state index is 12.8. The monoisotopic (exact) mass is 315 g/mol. The third-order valence-corrected chi connectivity index (χ3v) is 3.93.